The van der Waals surface area contributed by atoms with Gasteiger partial charge >= 0.3 is 51.4 Å². The van der Waals surface area contributed by atoms with E-state index in [4.69, 9.17) is 5.73 Å². The van der Waals surface area contributed by atoms with Gasteiger partial charge in [0.2, 0.25) is 5.91 Å². The summed E-state index contributed by atoms with van der Waals surface area (Å²) in [7, 11) is -4.26. The first kappa shape index (κ1) is 21.2. The van der Waals surface area contributed by atoms with Crippen LogP contribution in [0.3, 0.4) is 0 Å². The summed E-state index contributed by atoms with van der Waals surface area (Å²) < 4.78 is 32.1. The Bertz CT molecular complexity index is 557. The Morgan fingerprint density at radius 3 is 2.19 bits per heavy atom. The van der Waals surface area contributed by atoms with Crippen molar-refractivity contribution in [2.75, 3.05) is 0 Å². The molecule has 2 N–H and O–H groups in total. The van der Waals surface area contributed by atoms with E-state index in [9.17, 15) is 17.8 Å². The van der Waals surface area contributed by atoms with Gasteiger partial charge in [-0.05, 0) is 29.9 Å². The molecule has 2 atom stereocenters. The van der Waals surface area contributed by atoms with Crippen molar-refractivity contribution in [3.8, 4) is 0 Å². The Kier molecular flexibility index (Phi) is 9.50. The molecule has 0 heterocycles. The number of primary amides is 1. The zero-order chi connectivity index (χ0) is 15.3. The van der Waals surface area contributed by atoms with Gasteiger partial charge in [0, 0.05) is 5.92 Å². The molecule has 1 aromatic carbocycles. The first-order valence-corrected chi connectivity index (χ1v) is 8.12. The summed E-state index contributed by atoms with van der Waals surface area (Å²) in [5, 5.41) is 0. The fourth-order valence-electron chi connectivity index (χ4n) is 2.17. The predicted molar refractivity (Wildman–Crippen MR) is 75.9 cm³/mol. The number of hydrogen-bond acceptors (Lipinski definition) is 4. The fourth-order valence-corrected chi connectivity index (χ4v) is 2.77. The van der Waals surface area contributed by atoms with Crippen molar-refractivity contribution >= 4 is 16.0 Å². The van der Waals surface area contributed by atoms with E-state index in [1.807, 2.05) is 19.1 Å². The van der Waals surface area contributed by atoms with Gasteiger partial charge in [0.25, 0.3) is 0 Å². The summed E-state index contributed by atoms with van der Waals surface area (Å²) in [6.45, 7) is 3.82. The second-order valence-electron chi connectivity index (χ2n) is 5.09. The molecule has 0 aliphatic heterocycles. The first-order chi connectivity index (χ1) is 9.23. The second-order valence-corrected chi connectivity index (χ2v) is 6.49. The smallest absolute Gasteiger partial charge is 0.748 e. The molecule has 0 bridgehead atoms. The third-order valence-electron chi connectivity index (χ3n) is 3.41. The number of carbonyl (C=O) groups is 1. The molecule has 1 rings (SSSR count). The molecule has 2 unspecified atom stereocenters. The Morgan fingerprint density at radius 2 is 1.81 bits per heavy atom. The predicted octanol–water partition coefficient (Wildman–Crippen LogP) is -1.26. The van der Waals surface area contributed by atoms with Crippen LogP contribution in [0, 0.1) is 5.92 Å². The molecule has 0 fully saturated rings. The monoisotopic (exact) mass is 337 g/mol. The molecule has 1 amide bonds. The largest absolute Gasteiger partial charge is 1.00 e. The summed E-state index contributed by atoms with van der Waals surface area (Å²) >= 11 is 0. The molecule has 0 saturated carbocycles. The average Bonchev–Trinajstić information content (AvgIpc) is 2.34. The van der Waals surface area contributed by atoms with Crippen molar-refractivity contribution in [3.63, 3.8) is 0 Å². The fraction of sp³-hybridized carbons (Fsp3) is 0.500. The van der Waals surface area contributed by atoms with E-state index in [1.54, 1.807) is 19.1 Å². The number of rotatable bonds is 7. The summed E-state index contributed by atoms with van der Waals surface area (Å²) in [5.74, 6) is -0.837. The van der Waals surface area contributed by atoms with Crippen LogP contribution >= 0.6 is 0 Å². The van der Waals surface area contributed by atoms with Crippen LogP contribution in [-0.2, 0) is 20.7 Å². The van der Waals surface area contributed by atoms with Crippen LogP contribution in [0.15, 0.2) is 24.3 Å². The zero-order valence-corrected chi connectivity index (χ0v) is 16.6. The summed E-state index contributed by atoms with van der Waals surface area (Å²) in [5.41, 5.74) is 6.76. The molecule has 0 spiro atoms. The first-order valence-electron chi connectivity index (χ1n) is 6.54. The third-order valence-corrected chi connectivity index (χ3v) is 4.10. The minimum absolute atomic E-state index is 0. The molecule has 7 heteroatoms. The standard InChI is InChI=1S/C14H21NO4S.K/c1-3-12(8-10(2)14(15)16)13-6-4-11(5-7-13)9-20(17,18)19;/h4-7,10,12H,3,8-9H2,1-2H3,(H2,15,16)(H,17,18,19);/q;+1/p-1. The van der Waals surface area contributed by atoms with Crippen LogP contribution in [0.5, 0.6) is 0 Å². The van der Waals surface area contributed by atoms with Crippen molar-refractivity contribution in [2.24, 2.45) is 11.7 Å². The van der Waals surface area contributed by atoms with Crippen molar-refractivity contribution in [3.05, 3.63) is 35.4 Å². The normalized spacial score (nSPS) is 14.0. The van der Waals surface area contributed by atoms with E-state index in [2.05, 4.69) is 0 Å². The maximum absolute atomic E-state index is 11.1. The van der Waals surface area contributed by atoms with Crippen molar-refractivity contribution in [1.29, 1.82) is 0 Å². The van der Waals surface area contributed by atoms with Crippen LogP contribution in [0.25, 0.3) is 0 Å². The van der Waals surface area contributed by atoms with E-state index < -0.39 is 15.9 Å². The minimum Gasteiger partial charge on any atom is -0.748 e. The third kappa shape index (κ3) is 7.87. The van der Waals surface area contributed by atoms with Crippen LogP contribution < -0.4 is 57.1 Å². The van der Waals surface area contributed by atoms with E-state index in [-0.39, 0.29) is 69.1 Å². The molecule has 5 nitrogen and oxygen atoms in total. The topological polar surface area (TPSA) is 100 Å². The Labute approximate surface area is 168 Å². The maximum atomic E-state index is 11.1. The Balaban J connectivity index is 0.00000400. The van der Waals surface area contributed by atoms with Crippen molar-refractivity contribution in [1.82, 2.24) is 0 Å². The molecule has 0 saturated heterocycles. The molecule has 1 aromatic rings. The summed E-state index contributed by atoms with van der Waals surface area (Å²) in [6.07, 6.45) is 1.52. The van der Waals surface area contributed by atoms with Gasteiger partial charge in [-0.3, -0.25) is 4.79 Å². The Morgan fingerprint density at radius 1 is 1.29 bits per heavy atom. The minimum atomic E-state index is -4.26. The van der Waals surface area contributed by atoms with Gasteiger partial charge in [-0.2, -0.15) is 0 Å². The number of nitrogens with two attached hydrogens (primary N) is 1. The van der Waals surface area contributed by atoms with Gasteiger partial charge in [0.1, 0.15) is 0 Å². The average molecular weight is 337 g/mol. The maximum Gasteiger partial charge on any atom is 1.00 e. The molecule has 0 aliphatic rings. The van der Waals surface area contributed by atoms with Crippen molar-refractivity contribution < 1.29 is 69.1 Å². The van der Waals surface area contributed by atoms with Crippen LogP contribution in [0.2, 0.25) is 0 Å². The van der Waals surface area contributed by atoms with Gasteiger partial charge in [-0.15, -0.1) is 0 Å². The van der Waals surface area contributed by atoms with Gasteiger partial charge in [-0.25, -0.2) is 8.42 Å². The van der Waals surface area contributed by atoms with Crippen LogP contribution in [0.1, 0.15) is 43.7 Å². The summed E-state index contributed by atoms with van der Waals surface area (Å²) in [6, 6.07) is 6.90. The quantitative estimate of drug-likeness (QED) is 0.496. The van der Waals surface area contributed by atoms with Gasteiger partial charge in [-0.1, -0.05) is 38.1 Å². The van der Waals surface area contributed by atoms with Crippen molar-refractivity contribution in [2.45, 2.75) is 38.4 Å². The van der Waals surface area contributed by atoms with Crippen LogP contribution in [-0.4, -0.2) is 18.9 Å². The second kappa shape index (κ2) is 9.39. The van der Waals surface area contributed by atoms with E-state index >= 15 is 0 Å². The van der Waals surface area contributed by atoms with Gasteiger partial charge in [0.05, 0.1) is 15.9 Å². The molecule has 0 radical (unpaired) electrons. The molecular weight excluding hydrogens is 317 g/mol. The molecule has 0 aromatic heterocycles. The Hall–Kier alpha value is 0.236. The number of carbonyl (C=O) groups excluding carboxylic acids is 1. The van der Waals surface area contributed by atoms with Gasteiger partial charge in [0.15, 0.2) is 0 Å². The van der Waals surface area contributed by atoms with E-state index in [1.165, 1.54) is 0 Å². The molecule has 21 heavy (non-hydrogen) atoms. The van der Waals surface area contributed by atoms with Gasteiger partial charge < -0.3 is 10.3 Å². The zero-order valence-electron chi connectivity index (χ0n) is 12.7. The van der Waals surface area contributed by atoms with Crippen LogP contribution in [0.4, 0.5) is 0 Å². The SMILES string of the molecule is CCC(CC(C)C(N)=O)c1ccc(CS(=O)(=O)[O-])cc1.[K+]. The summed E-state index contributed by atoms with van der Waals surface area (Å²) in [4.78, 5) is 11.1. The molecular formula is C14H20KNO4S. The van der Waals surface area contributed by atoms with E-state index in [0.717, 1.165) is 12.0 Å². The number of amides is 1. The molecule has 0 aliphatic carbocycles. The number of hydrogen-bond donors (Lipinski definition) is 1. The number of benzene rings is 1. The molecule has 112 valence electrons. The van der Waals surface area contributed by atoms with E-state index in [0.29, 0.717) is 12.0 Å².